The summed E-state index contributed by atoms with van der Waals surface area (Å²) >= 11 is 0. The van der Waals surface area contributed by atoms with Crippen molar-refractivity contribution in [3.05, 3.63) is 107 Å². The number of likely N-dealkylation sites (tertiary alicyclic amines) is 1. The molecule has 2 aromatic heterocycles. The normalized spacial score (nSPS) is 17.9. The first-order valence-electron chi connectivity index (χ1n) is 9.32. The molecular weight excluding hydrogens is 346 g/mol. The number of piperidine rings is 1. The second-order valence-corrected chi connectivity index (χ2v) is 6.81. The van der Waals surface area contributed by atoms with E-state index in [9.17, 15) is 4.79 Å². The van der Waals surface area contributed by atoms with Crippen molar-refractivity contribution in [2.75, 3.05) is 13.1 Å². The summed E-state index contributed by atoms with van der Waals surface area (Å²) in [5.41, 5.74) is 4.33. The largest absolute Gasteiger partial charge is 0.290 e. The Labute approximate surface area is 164 Å². The van der Waals surface area contributed by atoms with Crippen LogP contribution in [-0.2, 0) is 11.3 Å². The van der Waals surface area contributed by atoms with Gasteiger partial charge in [0.2, 0.25) is 0 Å². The molecule has 4 rings (SSSR count). The van der Waals surface area contributed by atoms with E-state index in [4.69, 9.17) is 0 Å². The molecule has 4 nitrogen and oxygen atoms in total. The van der Waals surface area contributed by atoms with E-state index >= 15 is 0 Å². The Hall–Kier alpha value is -3.37. The molecule has 0 amide bonds. The average Bonchev–Trinajstić information content (AvgIpc) is 2.74. The summed E-state index contributed by atoms with van der Waals surface area (Å²) < 4.78 is 0. The molecule has 0 spiro atoms. The number of Topliss-reactive ketones (excluding diaryl/α,β-unsaturated/α-hetero) is 1. The number of benzene rings is 1. The minimum atomic E-state index is 0.0700. The number of hydrogen-bond donors (Lipinski definition) is 0. The van der Waals surface area contributed by atoms with Gasteiger partial charge in [-0.1, -0.05) is 42.5 Å². The van der Waals surface area contributed by atoms with Gasteiger partial charge in [0.25, 0.3) is 0 Å². The fourth-order valence-corrected chi connectivity index (χ4v) is 3.34. The van der Waals surface area contributed by atoms with Crippen molar-refractivity contribution in [3.63, 3.8) is 0 Å². The standard InChI is InChI=1S/C24H21N3O/c28-24-20(14-22-10-4-6-12-25-22)17-27(16-19-8-2-1-3-9-19)18-21(24)15-23-11-5-7-13-26-23/h1-15H,16-18H2/b20-14-,21-15?. The Morgan fingerprint density at radius 1 is 0.750 bits per heavy atom. The first kappa shape index (κ1) is 18.0. The highest BCUT2D eigenvalue weighted by Gasteiger charge is 2.26. The number of nitrogens with zero attached hydrogens (tertiary/aromatic N) is 3. The topological polar surface area (TPSA) is 46.1 Å². The molecule has 0 saturated carbocycles. The van der Waals surface area contributed by atoms with Gasteiger partial charge in [0.15, 0.2) is 5.78 Å². The number of carbonyl (C=O) groups is 1. The Balaban J connectivity index is 1.66. The quantitative estimate of drug-likeness (QED) is 0.653. The highest BCUT2D eigenvalue weighted by molar-refractivity contribution is 6.14. The number of hydrogen-bond acceptors (Lipinski definition) is 4. The number of aromatic nitrogens is 2. The summed E-state index contributed by atoms with van der Waals surface area (Å²) in [6, 6.07) is 21.8. The van der Waals surface area contributed by atoms with E-state index in [-0.39, 0.29) is 5.78 Å². The predicted molar refractivity (Wildman–Crippen MR) is 111 cm³/mol. The van der Waals surface area contributed by atoms with Gasteiger partial charge < -0.3 is 0 Å². The molecule has 1 aliphatic heterocycles. The van der Waals surface area contributed by atoms with Gasteiger partial charge in [-0.2, -0.15) is 0 Å². The maximum Gasteiger partial charge on any atom is 0.187 e. The lowest BCUT2D eigenvalue weighted by atomic mass is 9.95. The average molecular weight is 367 g/mol. The number of ketones is 1. The first-order chi connectivity index (χ1) is 13.8. The fourth-order valence-electron chi connectivity index (χ4n) is 3.34. The van der Waals surface area contributed by atoms with Crippen molar-refractivity contribution >= 4 is 17.9 Å². The zero-order chi connectivity index (χ0) is 19.2. The van der Waals surface area contributed by atoms with Gasteiger partial charge in [-0.15, -0.1) is 0 Å². The third-order valence-corrected chi connectivity index (χ3v) is 4.64. The van der Waals surface area contributed by atoms with Crippen LogP contribution in [0.1, 0.15) is 17.0 Å². The molecule has 0 aliphatic carbocycles. The predicted octanol–water partition coefficient (Wildman–Crippen LogP) is 4.03. The van der Waals surface area contributed by atoms with Crippen LogP contribution in [0.25, 0.3) is 12.2 Å². The Kier molecular flexibility index (Phi) is 5.50. The van der Waals surface area contributed by atoms with Crippen LogP contribution in [-0.4, -0.2) is 33.7 Å². The lowest BCUT2D eigenvalue weighted by Gasteiger charge is -2.29. The van der Waals surface area contributed by atoms with Gasteiger partial charge in [-0.3, -0.25) is 19.7 Å². The molecule has 0 bridgehead atoms. The van der Waals surface area contributed by atoms with E-state index in [0.717, 1.165) is 29.1 Å². The van der Waals surface area contributed by atoms with Crippen molar-refractivity contribution in [3.8, 4) is 0 Å². The van der Waals surface area contributed by atoms with E-state index in [1.807, 2.05) is 66.7 Å². The summed E-state index contributed by atoms with van der Waals surface area (Å²) in [6.45, 7) is 1.99. The minimum Gasteiger partial charge on any atom is -0.290 e. The molecule has 0 atom stereocenters. The summed E-state index contributed by atoms with van der Waals surface area (Å²) in [5, 5.41) is 0. The molecule has 0 radical (unpaired) electrons. The van der Waals surface area contributed by atoms with Crippen LogP contribution in [0.15, 0.2) is 90.3 Å². The molecule has 28 heavy (non-hydrogen) atoms. The van der Waals surface area contributed by atoms with Crippen LogP contribution < -0.4 is 0 Å². The van der Waals surface area contributed by atoms with Crippen molar-refractivity contribution in [1.82, 2.24) is 14.9 Å². The molecule has 3 aromatic rings. The maximum atomic E-state index is 13.1. The molecule has 1 aromatic carbocycles. The van der Waals surface area contributed by atoms with Crippen LogP contribution in [0.2, 0.25) is 0 Å². The number of pyridine rings is 2. The highest BCUT2D eigenvalue weighted by Crippen LogP contribution is 2.22. The van der Waals surface area contributed by atoms with Gasteiger partial charge in [0.1, 0.15) is 0 Å². The zero-order valence-corrected chi connectivity index (χ0v) is 15.5. The first-order valence-corrected chi connectivity index (χ1v) is 9.32. The second-order valence-electron chi connectivity index (χ2n) is 6.81. The number of carbonyl (C=O) groups excluding carboxylic acids is 1. The summed E-state index contributed by atoms with van der Waals surface area (Å²) in [7, 11) is 0. The zero-order valence-electron chi connectivity index (χ0n) is 15.5. The molecule has 0 N–H and O–H groups in total. The van der Waals surface area contributed by atoms with Gasteiger partial charge in [-0.05, 0) is 42.0 Å². The molecule has 4 heteroatoms. The van der Waals surface area contributed by atoms with Crippen molar-refractivity contribution in [2.45, 2.75) is 6.54 Å². The second kappa shape index (κ2) is 8.55. The summed E-state index contributed by atoms with van der Waals surface area (Å²) in [6.07, 6.45) is 7.27. The Morgan fingerprint density at radius 2 is 1.29 bits per heavy atom. The van der Waals surface area contributed by atoms with Crippen molar-refractivity contribution < 1.29 is 4.79 Å². The van der Waals surface area contributed by atoms with Crippen LogP contribution in [0.5, 0.6) is 0 Å². The Bertz CT molecular complexity index is 934. The van der Waals surface area contributed by atoms with Gasteiger partial charge in [0.05, 0.1) is 11.4 Å². The Morgan fingerprint density at radius 3 is 1.79 bits per heavy atom. The third kappa shape index (κ3) is 4.48. The van der Waals surface area contributed by atoms with Gasteiger partial charge in [-0.25, -0.2) is 0 Å². The smallest absolute Gasteiger partial charge is 0.187 e. The van der Waals surface area contributed by atoms with Crippen molar-refractivity contribution in [1.29, 1.82) is 0 Å². The fraction of sp³-hybridized carbons (Fsp3) is 0.125. The molecule has 3 heterocycles. The van der Waals surface area contributed by atoms with Crippen LogP contribution in [0.3, 0.4) is 0 Å². The molecule has 138 valence electrons. The van der Waals surface area contributed by atoms with Crippen LogP contribution in [0.4, 0.5) is 0 Å². The van der Waals surface area contributed by atoms with E-state index in [2.05, 4.69) is 27.0 Å². The van der Waals surface area contributed by atoms with Crippen LogP contribution >= 0.6 is 0 Å². The summed E-state index contributed by atoms with van der Waals surface area (Å²) in [5.74, 6) is 0.0700. The van der Waals surface area contributed by atoms with Gasteiger partial charge >= 0.3 is 0 Å². The van der Waals surface area contributed by atoms with E-state index in [1.165, 1.54) is 5.56 Å². The minimum absolute atomic E-state index is 0.0700. The van der Waals surface area contributed by atoms with E-state index in [0.29, 0.717) is 13.1 Å². The summed E-state index contributed by atoms with van der Waals surface area (Å²) in [4.78, 5) is 24.1. The van der Waals surface area contributed by atoms with E-state index in [1.54, 1.807) is 12.4 Å². The molecule has 1 aliphatic rings. The maximum absolute atomic E-state index is 13.1. The van der Waals surface area contributed by atoms with Crippen molar-refractivity contribution in [2.24, 2.45) is 0 Å². The number of rotatable bonds is 4. The SMILES string of the molecule is O=C1C(=Cc2ccccn2)CN(Cc2ccccc2)C/C1=C/c1ccccn1. The molecule has 0 unspecified atom stereocenters. The highest BCUT2D eigenvalue weighted by atomic mass is 16.1. The molecule has 1 fully saturated rings. The lowest BCUT2D eigenvalue weighted by Crippen LogP contribution is -2.37. The molecule has 1 saturated heterocycles. The van der Waals surface area contributed by atoms with Gasteiger partial charge in [0, 0.05) is 43.2 Å². The molecular formula is C24H21N3O. The van der Waals surface area contributed by atoms with Crippen LogP contribution in [0, 0.1) is 0 Å². The third-order valence-electron chi connectivity index (χ3n) is 4.64. The lowest BCUT2D eigenvalue weighted by molar-refractivity contribution is -0.113. The van der Waals surface area contributed by atoms with E-state index < -0.39 is 0 Å². The monoisotopic (exact) mass is 367 g/mol.